The minimum Gasteiger partial charge on any atom is -0.337 e. The minimum atomic E-state index is -0.598. The molecule has 0 aliphatic rings. The molecule has 0 radical (unpaired) electrons. The molecule has 2 amide bonds. The van der Waals surface area contributed by atoms with Crippen LogP contribution in [0.2, 0.25) is 5.02 Å². The number of non-ortho nitro benzene ring substituents is 1. The molecular formula is C20H18ClN5O4. The van der Waals surface area contributed by atoms with Crippen molar-refractivity contribution in [3.63, 3.8) is 0 Å². The highest BCUT2D eigenvalue weighted by atomic mass is 35.5. The van der Waals surface area contributed by atoms with Crippen LogP contribution in [0.5, 0.6) is 0 Å². The number of aromatic nitrogens is 2. The van der Waals surface area contributed by atoms with E-state index in [0.29, 0.717) is 17.8 Å². The highest BCUT2D eigenvalue weighted by Crippen LogP contribution is 2.25. The summed E-state index contributed by atoms with van der Waals surface area (Å²) in [7, 11) is 3.45. The topological polar surface area (TPSA) is 110 Å². The molecular weight excluding hydrogens is 410 g/mol. The minimum absolute atomic E-state index is 0.0563. The van der Waals surface area contributed by atoms with E-state index in [0.717, 1.165) is 11.6 Å². The van der Waals surface area contributed by atoms with Gasteiger partial charge in [0.05, 0.1) is 33.0 Å². The van der Waals surface area contributed by atoms with Crippen LogP contribution in [0, 0.1) is 10.1 Å². The number of nitrogens with one attached hydrogen (secondary N) is 1. The van der Waals surface area contributed by atoms with E-state index < -0.39 is 10.8 Å². The Labute approximate surface area is 177 Å². The van der Waals surface area contributed by atoms with Gasteiger partial charge in [0.2, 0.25) is 0 Å². The zero-order chi connectivity index (χ0) is 21.8. The summed E-state index contributed by atoms with van der Waals surface area (Å²) >= 11 is 6.03. The highest BCUT2D eigenvalue weighted by Gasteiger charge is 2.20. The zero-order valence-corrected chi connectivity index (χ0v) is 17.0. The Morgan fingerprint density at radius 1 is 1.23 bits per heavy atom. The van der Waals surface area contributed by atoms with Crippen LogP contribution in [0.3, 0.4) is 0 Å². The fourth-order valence-corrected chi connectivity index (χ4v) is 3.14. The van der Waals surface area contributed by atoms with Crippen molar-refractivity contribution in [3.05, 3.63) is 86.7 Å². The largest absolute Gasteiger partial charge is 0.337 e. The van der Waals surface area contributed by atoms with Gasteiger partial charge in [0.25, 0.3) is 17.5 Å². The van der Waals surface area contributed by atoms with Crippen molar-refractivity contribution in [2.24, 2.45) is 7.05 Å². The lowest BCUT2D eigenvalue weighted by atomic mass is 10.1. The number of carbonyl (C=O) groups excluding carboxylic acids is 2. The molecule has 1 N–H and O–H groups in total. The summed E-state index contributed by atoms with van der Waals surface area (Å²) in [5.74, 6) is -0.866. The highest BCUT2D eigenvalue weighted by molar-refractivity contribution is 6.34. The molecule has 30 heavy (non-hydrogen) atoms. The molecule has 0 bridgehead atoms. The van der Waals surface area contributed by atoms with Crippen molar-refractivity contribution in [2.45, 2.75) is 6.54 Å². The Balaban J connectivity index is 1.80. The first-order valence-corrected chi connectivity index (χ1v) is 9.21. The number of hydrogen-bond donors (Lipinski definition) is 1. The Bertz CT molecular complexity index is 1130. The number of benzene rings is 2. The first kappa shape index (κ1) is 21.0. The van der Waals surface area contributed by atoms with Crippen LogP contribution in [0.1, 0.15) is 26.3 Å². The molecule has 1 aromatic heterocycles. The third kappa shape index (κ3) is 4.64. The number of nitro groups is 1. The molecule has 2 aromatic carbocycles. The Hall–Kier alpha value is -3.72. The maximum atomic E-state index is 12.9. The monoisotopic (exact) mass is 427 g/mol. The van der Waals surface area contributed by atoms with Gasteiger partial charge < -0.3 is 10.2 Å². The second-order valence-corrected chi connectivity index (χ2v) is 7.01. The van der Waals surface area contributed by atoms with Crippen LogP contribution < -0.4 is 5.32 Å². The molecule has 3 aromatic rings. The summed E-state index contributed by atoms with van der Waals surface area (Å²) in [6.45, 7) is 0.350. The normalized spacial score (nSPS) is 10.5. The molecule has 3 rings (SSSR count). The SMILES string of the molecule is CN(Cc1cnn(C)c1)C(=O)c1ccccc1NC(=O)c1ccc([N+](=O)[O-])cc1Cl. The van der Waals surface area contributed by atoms with Gasteiger partial charge in [0, 0.05) is 44.5 Å². The van der Waals surface area contributed by atoms with E-state index in [1.54, 1.807) is 49.2 Å². The average Bonchev–Trinajstić information content (AvgIpc) is 3.12. The molecule has 0 saturated carbocycles. The molecule has 0 aliphatic heterocycles. The summed E-state index contributed by atoms with van der Waals surface area (Å²) in [5, 5.41) is 17.5. The number of amides is 2. The van der Waals surface area contributed by atoms with Gasteiger partial charge in [-0.15, -0.1) is 0 Å². The molecule has 0 aliphatic carbocycles. The van der Waals surface area contributed by atoms with Crippen LogP contribution in [0.15, 0.2) is 54.9 Å². The van der Waals surface area contributed by atoms with Crippen molar-refractivity contribution >= 4 is 34.8 Å². The van der Waals surface area contributed by atoms with Crippen molar-refractivity contribution in [3.8, 4) is 0 Å². The maximum Gasteiger partial charge on any atom is 0.270 e. The molecule has 0 saturated heterocycles. The standard InChI is InChI=1S/C20H18ClN5O4/c1-24(11-13-10-22-25(2)12-13)20(28)16-5-3-4-6-18(16)23-19(27)15-8-7-14(26(29)30)9-17(15)21/h3-10,12H,11H2,1-2H3,(H,23,27). The number of carbonyl (C=O) groups is 2. The van der Waals surface area contributed by atoms with E-state index in [9.17, 15) is 19.7 Å². The number of anilines is 1. The maximum absolute atomic E-state index is 12.9. The van der Waals surface area contributed by atoms with Gasteiger partial charge >= 0.3 is 0 Å². The Morgan fingerprint density at radius 3 is 2.60 bits per heavy atom. The van der Waals surface area contributed by atoms with E-state index in [1.807, 2.05) is 6.20 Å². The van der Waals surface area contributed by atoms with Gasteiger partial charge in [-0.3, -0.25) is 24.4 Å². The number of nitro benzene ring substituents is 1. The van der Waals surface area contributed by atoms with E-state index in [2.05, 4.69) is 10.4 Å². The summed E-state index contributed by atoms with van der Waals surface area (Å²) in [6, 6.07) is 10.2. The zero-order valence-electron chi connectivity index (χ0n) is 16.2. The van der Waals surface area contributed by atoms with E-state index in [-0.39, 0.29) is 22.2 Å². The number of para-hydroxylation sites is 1. The van der Waals surface area contributed by atoms with Gasteiger partial charge in [-0.05, 0) is 18.2 Å². The van der Waals surface area contributed by atoms with E-state index >= 15 is 0 Å². The third-order valence-corrected chi connectivity index (χ3v) is 4.65. The van der Waals surface area contributed by atoms with Crippen LogP contribution in [-0.4, -0.2) is 38.5 Å². The van der Waals surface area contributed by atoms with Gasteiger partial charge in [0.15, 0.2) is 0 Å². The number of rotatable bonds is 6. The molecule has 1 heterocycles. The Morgan fingerprint density at radius 2 is 1.97 bits per heavy atom. The van der Waals surface area contributed by atoms with Gasteiger partial charge in [-0.25, -0.2) is 0 Å². The molecule has 9 nitrogen and oxygen atoms in total. The van der Waals surface area contributed by atoms with Gasteiger partial charge in [-0.1, -0.05) is 23.7 Å². The molecule has 0 spiro atoms. The quantitative estimate of drug-likeness (QED) is 0.478. The number of aryl methyl sites for hydroxylation is 1. The fourth-order valence-electron chi connectivity index (χ4n) is 2.87. The third-order valence-electron chi connectivity index (χ3n) is 4.34. The first-order valence-electron chi connectivity index (χ1n) is 8.83. The predicted molar refractivity (Wildman–Crippen MR) is 112 cm³/mol. The lowest BCUT2D eigenvalue weighted by Crippen LogP contribution is -2.27. The lowest BCUT2D eigenvalue weighted by Gasteiger charge is -2.18. The Kier molecular flexibility index (Phi) is 6.12. The lowest BCUT2D eigenvalue weighted by molar-refractivity contribution is -0.384. The number of hydrogen-bond acceptors (Lipinski definition) is 5. The van der Waals surface area contributed by atoms with Gasteiger partial charge in [-0.2, -0.15) is 5.10 Å². The van der Waals surface area contributed by atoms with Crippen LogP contribution >= 0.6 is 11.6 Å². The van der Waals surface area contributed by atoms with Crippen LogP contribution in [-0.2, 0) is 13.6 Å². The fraction of sp³-hybridized carbons (Fsp3) is 0.150. The average molecular weight is 428 g/mol. The first-order chi connectivity index (χ1) is 14.3. The summed E-state index contributed by atoms with van der Waals surface area (Å²) in [6.07, 6.45) is 3.49. The number of nitrogens with zero attached hydrogens (tertiary/aromatic N) is 4. The number of halogens is 1. The molecule has 0 unspecified atom stereocenters. The summed E-state index contributed by atoms with van der Waals surface area (Å²) in [4.78, 5) is 37.3. The molecule has 154 valence electrons. The molecule has 0 fully saturated rings. The van der Waals surface area contributed by atoms with Crippen molar-refractivity contribution in [2.75, 3.05) is 12.4 Å². The van der Waals surface area contributed by atoms with E-state index in [4.69, 9.17) is 11.6 Å². The van der Waals surface area contributed by atoms with Crippen molar-refractivity contribution in [1.29, 1.82) is 0 Å². The second kappa shape index (κ2) is 8.75. The molecule has 0 atom stereocenters. The van der Waals surface area contributed by atoms with E-state index in [1.165, 1.54) is 17.0 Å². The second-order valence-electron chi connectivity index (χ2n) is 6.60. The predicted octanol–water partition coefficient (Wildman–Crippen LogP) is 3.51. The van der Waals surface area contributed by atoms with Crippen LogP contribution in [0.25, 0.3) is 0 Å². The van der Waals surface area contributed by atoms with Crippen molar-refractivity contribution in [1.82, 2.24) is 14.7 Å². The summed E-state index contributed by atoms with van der Waals surface area (Å²) in [5.41, 5.74) is 1.32. The smallest absolute Gasteiger partial charge is 0.270 e. The summed E-state index contributed by atoms with van der Waals surface area (Å²) < 4.78 is 1.65. The van der Waals surface area contributed by atoms with Gasteiger partial charge in [0.1, 0.15) is 0 Å². The van der Waals surface area contributed by atoms with Crippen LogP contribution in [0.4, 0.5) is 11.4 Å². The molecule has 10 heteroatoms. The van der Waals surface area contributed by atoms with Crippen molar-refractivity contribution < 1.29 is 14.5 Å².